The molecule has 1 amide bonds. The van der Waals surface area contributed by atoms with Crippen molar-refractivity contribution in [2.75, 3.05) is 4.90 Å². The van der Waals surface area contributed by atoms with Crippen LogP contribution in [-0.4, -0.2) is 15.9 Å². The summed E-state index contributed by atoms with van der Waals surface area (Å²) in [5.74, 6) is 2.55. The zero-order valence-corrected chi connectivity index (χ0v) is 19.1. The largest absolute Gasteiger partial charge is 0.283 e. The van der Waals surface area contributed by atoms with Crippen molar-refractivity contribution in [2.45, 2.75) is 58.9 Å². The van der Waals surface area contributed by atoms with Gasteiger partial charge in [0.05, 0.1) is 22.2 Å². The van der Waals surface area contributed by atoms with Crippen LogP contribution in [0.5, 0.6) is 0 Å². The predicted molar refractivity (Wildman–Crippen MR) is 125 cm³/mol. The fraction of sp³-hybridized carbons (Fsp3) is 0.500. The van der Waals surface area contributed by atoms with Gasteiger partial charge >= 0.3 is 0 Å². The zero-order valence-electron chi connectivity index (χ0n) is 18.3. The van der Waals surface area contributed by atoms with E-state index in [2.05, 4.69) is 37.0 Å². The molecule has 0 atom stereocenters. The van der Waals surface area contributed by atoms with Crippen molar-refractivity contribution >= 4 is 32.6 Å². The summed E-state index contributed by atoms with van der Waals surface area (Å²) >= 11 is 1.66. The number of hydrogen-bond acceptors (Lipinski definition) is 4. The number of carbonyl (C=O) groups excluding carboxylic acids is 1. The average molecular weight is 432 g/mol. The number of carbonyl (C=O) groups is 1. The van der Waals surface area contributed by atoms with Crippen molar-refractivity contribution in [3.05, 3.63) is 53.3 Å². The molecule has 0 saturated heterocycles. The quantitative estimate of drug-likeness (QED) is 0.504. The van der Waals surface area contributed by atoms with Crippen molar-refractivity contribution in [3.63, 3.8) is 0 Å². The molecule has 4 bridgehead atoms. The van der Waals surface area contributed by atoms with Gasteiger partial charge in [-0.25, -0.2) is 4.98 Å². The van der Waals surface area contributed by atoms with E-state index < -0.39 is 0 Å². The molecule has 5 heteroatoms. The highest BCUT2D eigenvalue weighted by Crippen LogP contribution is 2.61. The summed E-state index contributed by atoms with van der Waals surface area (Å²) < 4.78 is 1.17. The van der Waals surface area contributed by atoms with Gasteiger partial charge in [-0.3, -0.25) is 14.7 Å². The van der Waals surface area contributed by atoms with Crippen molar-refractivity contribution in [1.29, 1.82) is 0 Å². The SMILES string of the molecule is Cc1cc(C)c2nc(N(Cc3cccnc3)C(=O)C34CC5CC(CC(C5)C3)C4)sc2c1. The lowest BCUT2D eigenvalue weighted by atomic mass is 9.49. The maximum Gasteiger partial charge on any atom is 0.235 e. The van der Waals surface area contributed by atoms with Crippen molar-refractivity contribution in [1.82, 2.24) is 9.97 Å². The van der Waals surface area contributed by atoms with Gasteiger partial charge in [0.1, 0.15) is 0 Å². The second-order valence-electron chi connectivity index (χ2n) is 10.4. The Morgan fingerprint density at radius 3 is 2.48 bits per heavy atom. The Kier molecular flexibility index (Phi) is 4.46. The van der Waals surface area contributed by atoms with Crippen LogP contribution in [0.3, 0.4) is 0 Å². The molecule has 31 heavy (non-hydrogen) atoms. The Hall–Kier alpha value is -2.27. The Morgan fingerprint density at radius 2 is 1.84 bits per heavy atom. The first-order chi connectivity index (χ1) is 15.0. The fourth-order valence-electron chi connectivity index (χ4n) is 7.03. The van der Waals surface area contributed by atoms with Crippen LogP contribution in [0.15, 0.2) is 36.7 Å². The van der Waals surface area contributed by atoms with Gasteiger partial charge in [0, 0.05) is 12.4 Å². The number of aryl methyl sites for hydroxylation is 2. The molecule has 4 aliphatic rings. The van der Waals surface area contributed by atoms with Gasteiger partial charge in [-0.2, -0.15) is 0 Å². The Bertz CT molecular complexity index is 1120. The van der Waals surface area contributed by atoms with Gasteiger partial charge in [-0.05, 0) is 98.9 Å². The summed E-state index contributed by atoms with van der Waals surface area (Å²) in [5, 5.41) is 0.841. The van der Waals surface area contributed by atoms with Gasteiger partial charge in [0.25, 0.3) is 0 Å². The van der Waals surface area contributed by atoms with Gasteiger partial charge in [0.15, 0.2) is 5.13 Å². The number of hydrogen-bond donors (Lipinski definition) is 0. The molecular formula is C26H29N3OS. The van der Waals surface area contributed by atoms with Crippen LogP contribution in [0.25, 0.3) is 10.2 Å². The summed E-state index contributed by atoms with van der Waals surface area (Å²) in [6.45, 7) is 4.79. The molecule has 0 spiro atoms. The molecule has 1 aromatic carbocycles. The minimum absolute atomic E-state index is 0.181. The molecule has 4 nitrogen and oxygen atoms in total. The van der Waals surface area contributed by atoms with E-state index in [0.717, 1.165) is 53.2 Å². The molecule has 160 valence electrons. The van der Waals surface area contributed by atoms with Crippen molar-refractivity contribution in [3.8, 4) is 0 Å². The van der Waals surface area contributed by atoms with Crippen LogP contribution < -0.4 is 4.90 Å². The third-order valence-corrected chi connectivity index (χ3v) is 8.88. The smallest absolute Gasteiger partial charge is 0.235 e. The molecule has 2 aromatic heterocycles. The monoisotopic (exact) mass is 431 g/mol. The maximum atomic E-state index is 14.3. The highest BCUT2D eigenvalue weighted by molar-refractivity contribution is 7.22. The number of benzene rings is 1. The first kappa shape index (κ1) is 19.4. The molecule has 3 aromatic rings. The molecule has 0 aliphatic heterocycles. The molecule has 0 unspecified atom stereocenters. The van der Waals surface area contributed by atoms with E-state index in [1.807, 2.05) is 17.2 Å². The lowest BCUT2D eigenvalue weighted by Gasteiger charge is -2.56. The summed E-state index contributed by atoms with van der Waals surface area (Å²) in [5.41, 5.74) is 4.33. The topological polar surface area (TPSA) is 46.1 Å². The van der Waals surface area contributed by atoms with E-state index in [4.69, 9.17) is 4.98 Å². The minimum Gasteiger partial charge on any atom is -0.283 e. The molecule has 4 fully saturated rings. The van der Waals surface area contributed by atoms with Gasteiger partial charge in [-0.1, -0.05) is 23.5 Å². The van der Waals surface area contributed by atoms with E-state index in [9.17, 15) is 4.79 Å². The highest BCUT2D eigenvalue weighted by atomic mass is 32.1. The van der Waals surface area contributed by atoms with E-state index >= 15 is 0 Å². The van der Waals surface area contributed by atoms with E-state index in [1.165, 1.54) is 35.1 Å². The summed E-state index contributed by atoms with van der Waals surface area (Å²) in [6, 6.07) is 8.39. The van der Waals surface area contributed by atoms with E-state index in [1.54, 1.807) is 17.5 Å². The summed E-state index contributed by atoms with van der Waals surface area (Å²) in [7, 11) is 0. The Labute approximate surface area is 187 Å². The minimum atomic E-state index is -0.181. The normalized spacial score (nSPS) is 28.9. The molecule has 0 radical (unpaired) electrons. The number of amides is 1. The number of nitrogens with zero attached hydrogens (tertiary/aromatic N) is 3. The lowest BCUT2D eigenvalue weighted by molar-refractivity contribution is -0.143. The Balaban J connectivity index is 1.42. The van der Waals surface area contributed by atoms with Gasteiger partial charge in [0.2, 0.25) is 5.91 Å². The first-order valence-corrected chi connectivity index (χ1v) is 12.4. The number of fused-ring (bicyclic) bond motifs is 1. The summed E-state index contributed by atoms with van der Waals surface area (Å²) in [6.07, 6.45) is 10.9. The third kappa shape index (κ3) is 3.29. The van der Waals surface area contributed by atoms with Crippen LogP contribution in [0, 0.1) is 37.0 Å². The second kappa shape index (κ2) is 7.13. The second-order valence-corrected chi connectivity index (χ2v) is 11.4. The molecule has 7 rings (SSSR count). The highest BCUT2D eigenvalue weighted by Gasteiger charge is 2.56. The number of thiazole rings is 1. The van der Waals surface area contributed by atoms with Crippen LogP contribution in [0.2, 0.25) is 0 Å². The van der Waals surface area contributed by atoms with Gasteiger partial charge < -0.3 is 0 Å². The fourth-order valence-corrected chi connectivity index (χ4v) is 8.17. The number of anilines is 1. The van der Waals surface area contributed by atoms with Crippen LogP contribution in [-0.2, 0) is 11.3 Å². The lowest BCUT2D eigenvalue weighted by Crippen LogP contribution is -2.54. The maximum absolute atomic E-state index is 14.3. The van der Waals surface area contributed by atoms with Crippen molar-refractivity contribution in [2.24, 2.45) is 23.2 Å². The zero-order chi connectivity index (χ0) is 21.2. The molecule has 2 heterocycles. The number of aromatic nitrogens is 2. The average Bonchev–Trinajstić information content (AvgIpc) is 3.15. The Morgan fingerprint density at radius 1 is 1.13 bits per heavy atom. The first-order valence-electron chi connectivity index (χ1n) is 11.6. The van der Waals surface area contributed by atoms with Crippen LogP contribution in [0.4, 0.5) is 5.13 Å². The molecule has 4 saturated carbocycles. The van der Waals surface area contributed by atoms with E-state index in [-0.39, 0.29) is 5.41 Å². The predicted octanol–water partition coefficient (Wildman–Crippen LogP) is 6.06. The summed E-state index contributed by atoms with van der Waals surface area (Å²) in [4.78, 5) is 25.6. The van der Waals surface area contributed by atoms with Crippen molar-refractivity contribution < 1.29 is 4.79 Å². The standard InChI is InChI=1S/C26H29N3OS/c1-16-6-17(2)23-22(7-16)31-25(28-23)29(15-18-4-3-5-27-14-18)24(30)26-11-19-8-20(12-26)10-21(9-19)13-26/h3-7,14,19-21H,8-13,15H2,1-2H3. The molecule has 0 N–H and O–H groups in total. The van der Waals surface area contributed by atoms with Crippen LogP contribution >= 0.6 is 11.3 Å². The van der Waals surface area contributed by atoms with Gasteiger partial charge in [-0.15, -0.1) is 0 Å². The van der Waals surface area contributed by atoms with E-state index in [0.29, 0.717) is 12.5 Å². The third-order valence-electron chi connectivity index (χ3n) is 7.85. The molecule has 4 aliphatic carbocycles. The van der Waals surface area contributed by atoms with Crippen LogP contribution in [0.1, 0.15) is 55.2 Å². The number of pyridine rings is 1. The number of rotatable bonds is 4. The molecular weight excluding hydrogens is 402 g/mol.